The summed E-state index contributed by atoms with van der Waals surface area (Å²) in [6.45, 7) is 2.10. The zero-order valence-corrected chi connectivity index (χ0v) is 5.66. The van der Waals surface area contributed by atoms with Gasteiger partial charge in [0, 0.05) is 6.04 Å². The van der Waals surface area contributed by atoms with Crippen LogP contribution < -0.4 is 16.6 Å². The molecule has 4 N–H and O–H groups in total. The average molecular weight is 138 g/mol. The van der Waals surface area contributed by atoms with Gasteiger partial charge in [-0.1, -0.05) is 0 Å². The van der Waals surface area contributed by atoms with Crippen LogP contribution in [0, 0.1) is 0 Å². The van der Waals surface area contributed by atoms with Crippen LogP contribution in [0.4, 0.5) is 0 Å². The molecule has 1 heterocycles. The standard InChI is InChI=1S/C4H11N3.ClH/c1-3-2-4(5)7-6-3;/h3-4,6-7H,2,5H2,1H3;1H. The Morgan fingerprint density at radius 2 is 2.12 bits per heavy atom. The van der Waals surface area contributed by atoms with E-state index in [1.54, 1.807) is 0 Å². The zero-order chi connectivity index (χ0) is 5.28. The zero-order valence-electron chi connectivity index (χ0n) is 4.85. The highest BCUT2D eigenvalue weighted by atomic mass is 35.5. The van der Waals surface area contributed by atoms with Crippen molar-refractivity contribution in [2.45, 2.75) is 25.6 Å². The molecule has 0 aromatic carbocycles. The molecule has 0 bridgehead atoms. The summed E-state index contributed by atoms with van der Waals surface area (Å²) in [5, 5.41) is 0. The molecule has 1 rings (SSSR count). The molecule has 4 heteroatoms. The Bertz CT molecular complexity index is 60.3. The minimum Gasteiger partial charge on any atom is -0.315 e. The lowest BCUT2D eigenvalue weighted by atomic mass is 10.2. The maximum atomic E-state index is 5.45. The van der Waals surface area contributed by atoms with Crippen LogP contribution in [0.2, 0.25) is 0 Å². The Kier molecular flexibility index (Phi) is 3.31. The summed E-state index contributed by atoms with van der Waals surface area (Å²) >= 11 is 0. The number of nitrogens with one attached hydrogen (secondary N) is 2. The first-order valence-corrected chi connectivity index (χ1v) is 2.55. The van der Waals surface area contributed by atoms with E-state index < -0.39 is 0 Å². The van der Waals surface area contributed by atoms with Crippen LogP contribution in [0.25, 0.3) is 0 Å². The van der Waals surface area contributed by atoms with Gasteiger partial charge in [-0.3, -0.25) is 5.43 Å². The third-order valence-corrected chi connectivity index (χ3v) is 1.12. The van der Waals surface area contributed by atoms with Crippen LogP contribution in [-0.2, 0) is 0 Å². The smallest absolute Gasteiger partial charge is 0.0694 e. The second-order valence-corrected chi connectivity index (χ2v) is 2.03. The molecule has 0 aromatic rings. The second kappa shape index (κ2) is 3.25. The van der Waals surface area contributed by atoms with Crippen LogP contribution in [-0.4, -0.2) is 12.2 Å². The Balaban J connectivity index is 0.000000490. The van der Waals surface area contributed by atoms with Crippen molar-refractivity contribution in [1.82, 2.24) is 10.9 Å². The molecule has 1 saturated heterocycles. The van der Waals surface area contributed by atoms with Crippen molar-refractivity contribution >= 4 is 12.4 Å². The van der Waals surface area contributed by atoms with E-state index in [0.29, 0.717) is 6.04 Å². The fourth-order valence-corrected chi connectivity index (χ4v) is 0.748. The Morgan fingerprint density at radius 1 is 1.50 bits per heavy atom. The fraction of sp³-hybridized carbons (Fsp3) is 1.00. The fourth-order valence-electron chi connectivity index (χ4n) is 0.748. The van der Waals surface area contributed by atoms with Crippen LogP contribution in [0.3, 0.4) is 0 Å². The second-order valence-electron chi connectivity index (χ2n) is 2.03. The summed E-state index contributed by atoms with van der Waals surface area (Å²) in [6, 6.07) is 0.537. The van der Waals surface area contributed by atoms with Crippen molar-refractivity contribution in [2.75, 3.05) is 0 Å². The first kappa shape index (κ1) is 8.17. The van der Waals surface area contributed by atoms with E-state index in [1.807, 2.05) is 0 Å². The quantitative estimate of drug-likeness (QED) is 0.425. The Morgan fingerprint density at radius 3 is 2.25 bits per heavy atom. The van der Waals surface area contributed by atoms with Crippen LogP contribution in [0.5, 0.6) is 0 Å². The van der Waals surface area contributed by atoms with Crippen molar-refractivity contribution in [3.05, 3.63) is 0 Å². The minimum absolute atomic E-state index is 0. The largest absolute Gasteiger partial charge is 0.315 e. The summed E-state index contributed by atoms with van der Waals surface area (Å²) in [4.78, 5) is 0. The van der Waals surface area contributed by atoms with E-state index in [4.69, 9.17) is 5.73 Å². The molecule has 0 spiro atoms. The lowest BCUT2D eigenvalue weighted by Crippen LogP contribution is -2.37. The normalized spacial score (nSPS) is 36.8. The van der Waals surface area contributed by atoms with Crippen LogP contribution in [0.15, 0.2) is 0 Å². The Hall–Kier alpha value is 0.170. The average Bonchev–Trinajstić information content (AvgIpc) is 1.87. The third-order valence-electron chi connectivity index (χ3n) is 1.12. The lowest BCUT2D eigenvalue weighted by Gasteiger charge is -1.95. The van der Waals surface area contributed by atoms with Gasteiger partial charge in [-0.2, -0.15) is 0 Å². The molecule has 0 amide bonds. The van der Waals surface area contributed by atoms with E-state index in [2.05, 4.69) is 17.8 Å². The van der Waals surface area contributed by atoms with Gasteiger partial charge in [0.1, 0.15) is 0 Å². The number of nitrogens with two attached hydrogens (primary N) is 1. The van der Waals surface area contributed by atoms with Gasteiger partial charge in [0.05, 0.1) is 6.17 Å². The monoisotopic (exact) mass is 137 g/mol. The molecule has 3 nitrogen and oxygen atoms in total. The van der Waals surface area contributed by atoms with Gasteiger partial charge < -0.3 is 5.73 Å². The SMILES string of the molecule is CC1CC(N)NN1.Cl. The number of hydrogen-bond acceptors (Lipinski definition) is 3. The summed E-state index contributed by atoms with van der Waals surface area (Å²) in [7, 11) is 0. The minimum atomic E-state index is 0. The number of halogens is 1. The van der Waals surface area contributed by atoms with Gasteiger partial charge in [0.15, 0.2) is 0 Å². The van der Waals surface area contributed by atoms with Crippen LogP contribution >= 0.6 is 12.4 Å². The summed E-state index contributed by atoms with van der Waals surface area (Å²) in [5.41, 5.74) is 11.3. The van der Waals surface area contributed by atoms with Gasteiger partial charge in [0.25, 0.3) is 0 Å². The summed E-state index contributed by atoms with van der Waals surface area (Å²) in [6.07, 6.45) is 1.19. The van der Waals surface area contributed by atoms with Gasteiger partial charge in [-0.05, 0) is 13.3 Å². The maximum Gasteiger partial charge on any atom is 0.0694 e. The Labute approximate surface area is 55.4 Å². The van der Waals surface area contributed by atoms with E-state index in [1.165, 1.54) is 0 Å². The molecule has 50 valence electrons. The van der Waals surface area contributed by atoms with Crippen molar-refractivity contribution in [3.8, 4) is 0 Å². The maximum absolute atomic E-state index is 5.45. The highest BCUT2D eigenvalue weighted by Crippen LogP contribution is 1.96. The molecular weight excluding hydrogens is 126 g/mol. The molecule has 1 aliphatic heterocycles. The predicted molar refractivity (Wildman–Crippen MR) is 35.6 cm³/mol. The molecule has 0 radical (unpaired) electrons. The molecule has 0 aliphatic carbocycles. The van der Waals surface area contributed by atoms with E-state index in [9.17, 15) is 0 Å². The van der Waals surface area contributed by atoms with Gasteiger partial charge in [0.2, 0.25) is 0 Å². The van der Waals surface area contributed by atoms with Gasteiger partial charge in [-0.15, -0.1) is 12.4 Å². The first-order valence-electron chi connectivity index (χ1n) is 2.55. The van der Waals surface area contributed by atoms with Crippen molar-refractivity contribution < 1.29 is 0 Å². The van der Waals surface area contributed by atoms with Gasteiger partial charge >= 0.3 is 0 Å². The van der Waals surface area contributed by atoms with Crippen molar-refractivity contribution in [2.24, 2.45) is 5.73 Å². The van der Waals surface area contributed by atoms with E-state index in [0.717, 1.165) is 6.42 Å². The van der Waals surface area contributed by atoms with Crippen molar-refractivity contribution in [1.29, 1.82) is 0 Å². The summed E-state index contributed by atoms with van der Waals surface area (Å²) < 4.78 is 0. The number of hydrogen-bond donors (Lipinski definition) is 3. The first-order chi connectivity index (χ1) is 3.29. The number of hydrazine groups is 1. The molecule has 0 saturated carbocycles. The van der Waals surface area contributed by atoms with Gasteiger partial charge in [-0.25, -0.2) is 5.43 Å². The molecule has 8 heavy (non-hydrogen) atoms. The topological polar surface area (TPSA) is 50.1 Å². The highest BCUT2D eigenvalue weighted by molar-refractivity contribution is 5.85. The van der Waals surface area contributed by atoms with Crippen LogP contribution in [0.1, 0.15) is 13.3 Å². The third kappa shape index (κ3) is 1.96. The molecular formula is C4H12ClN3. The lowest BCUT2D eigenvalue weighted by molar-refractivity contribution is 0.556. The van der Waals surface area contributed by atoms with Crippen molar-refractivity contribution in [3.63, 3.8) is 0 Å². The number of rotatable bonds is 0. The predicted octanol–water partition coefficient (Wildman–Crippen LogP) is -0.421. The molecule has 1 aliphatic rings. The molecule has 1 fully saturated rings. The van der Waals surface area contributed by atoms with E-state index in [-0.39, 0.29) is 18.6 Å². The highest BCUT2D eigenvalue weighted by Gasteiger charge is 2.14. The molecule has 2 atom stereocenters. The molecule has 0 aromatic heterocycles. The summed E-state index contributed by atoms with van der Waals surface area (Å²) in [5.74, 6) is 0. The molecule has 2 unspecified atom stereocenters. The van der Waals surface area contributed by atoms with E-state index >= 15 is 0 Å².